The average molecular weight is 279 g/mol. The van der Waals surface area contributed by atoms with Crippen LogP contribution in [0.15, 0.2) is 12.4 Å². The second-order valence-electron chi connectivity index (χ2n) is 5.75. The molecule has 1 atom stereocenters. The molecule has 0 aromatic carbocycles. The zero-order chi connectivity index (χ0) is 14.8. The molecule has 0 amide bonds. The standard InChI is InChI=1S/C17H33N3/c1-5-9-15(10-6-2)16(18-11-7-3)17-19-12-14-20(17)13-8-4/h12,14-16,18H,5-11,13H2,1-4H3. The Balaban J connectivity index is 2.92. The fourth-order valence-corrected chi connectivity index (χ4v) is 3.02. The molecule has 0 fully saturated rings. The molecular formula is C17H33N3. The fourth-order valence-electron chi connectivity index (χ4n) is 3.02. The molecule has 0 aliphatic heterocycles. The number of rotatable bonds is 11. The molecule has 0 bridgehead atoms. The van der Waals surface area contributed by atoms with Gasteiger partial charge in [0.15, 0.2) is 0 Å². The molecule has 1 rings (SSSR count). The number of hydrogen-bond donors (Lipinski definition) is 1. The van der Waals surface area contributed by atoms with Crippen molar-refractivity contribution >= 4 is 0 Å². The first-order chi connectivity index (χ1) is 9.78. The van der Waals surface area contributed by atoms with Crippen LogP contribution in [0.4, 0.5) is 0 Å². The Morgan fingerprint density at radius 2 is 1.75 bits per heavy atom. The van der Waals surface area contributed by atoms with Crippen LogP contribution in [0.5, 0.6) is 0 Å². The van der Waals surface area contributed by atoms with Gasteiger partial charge in [-0.05, 0) is 38.1 Å². The maximum atomic E-state index is 4.67. The maximum Gasteiger partial charge on any atom is 0.126 e. The van der Waals surface area contributed by atoms with Crippen molar-refractivity contribution in [2.24, 2.45) is 5.92 Å². The van der Waals surface area contributed by atoms with E-state index in [1.165, 1.54) is 37.9 Å². The highest BCUT2D eigenvalue weighted by Crippen LogP contribution is 2.29. The molecule has 1 aromatic rings. The van der Waals surface area contributed by atoms with Gasteiger partial charge in [-0.2, -0.15) is 0 Å². The summed E-state index contributed by atoms with van der Waals surface area (Å²) in [4.78, 5) is 4.67. The molecule has 1 unspecified atom stereocenters. The van der Waals surface area contributed by atoms with Gasteiger partial charge in [0.2, 0.25) is 0 Å². The van der Waals surface area contributed by atoms with Gasteiger partial charge < -0.3 is 9.88 Å². The van der Waals surface area contributed by atoms with Crippen molar-refractivity contribution in [3.05, 3.63) is 18.2 Å². The molecule has 0 aliphatic rings. The van der Waals surface area contributed by atoms with Crippen molar-refractivity contribution in [2.75, 3.05) is 6.54 Å². The Hall–Kier alpha value is -0.830. The second-order valence-corrected chi connectivity index (χ2v) is 5.75. The average Bonchev–Trinajstić information content (AvgIpc) is 2.88. The molecule has 1 heterocycles. The molecule has 3 nitrogen and oxygen atoms in total. The predicted octanol–water partition coefficient (Wildman–Crippen LogP) is 4.55. The molecule has 0 aliphatic carbocycles. The zero-order valence-corrected chi connectivity index (χ0v) is 13.9. The van der Waals surface area contributed by atoms with E-state index in [4.69, 9.17) is 0 Å². The van der Waals surface area contributed by atoms with Crippen molar-refractivity contribution in [1.29, 1.82) is 0 Å². The molecule has 116 valence electrons. The van der Waals surface area contributed by atoms with Crippen LogP contribution in [0.25, 0.3) is 0 Å². The van der Waals surface area contributed by atoms with Crippen LogP contribution in [0.3, 0.4) is 0 Å². The van der Waals surface area contributed by atoms with E-state index in [1.807, 2.05) is 6.20 Å². The molecule has 0 radical (unpaired) electrons. The minimum atomic E-state index is 0.413. The molecular weight excluding hydrogens is 246 g/mol. The van der Waals surface area contributed by atoms with Crippen LogP contribution < -0.4 is 5.32 Å². The first kappa shape index (κ1) is 17.2. The van der Waals surface area contributed by atoms with Gasteiger partial charge in [-0.1, -0.05) is 40.5 Å². The number of hydrogen-bond acceptors (Lipinski definition) is 2. The first-order valence-electron chi connectivity index (χ1n) is 8.52. The SMILES string of the molecule is CCCNC(c1nccn1CCC)C(CCC)CCC. The summed E-state index contributed by atoms with van der Waals surface area (Å²) in [6.07, 6.45) is 11.5. The summed E-state index contributed by atoms with van der Waals surface area (Å²) in [5.41, 5.74) is 0. The smallest absolute Gasteiger partial charge is 0.126 e. The van der Waals surface area contributed by atoms with Gasteiger partial charge in [0.1, 0.15) is 5.82 Å². The van der Waals surface area contributed by atoms with Gasteiger partial charge in [-0.3, -0.25) is 0 Å². The molecule has 0 saturated carbocycles. The Labute approximate surface area is 125 Å². The summed E-state index contributed by atoms with van der Waals surface area (Å²) in [5.74, 6) is 1.95. The molecule has 1 N–H and O–H groups in total. The lowest BCUT2D eigenvalue weighted by molar-refractivity contribution is 0.298. The van der Waals surface area contributed by atoms with E-state index in [9.17, 15) is 0 Å². The quantitative estimate of drug-likeness (QED) is 0.644. The number of aryl methyl sites for hydroxylation is 1. The van der Waals surface area contributed by atoms with Crippen molar-refractivity contribution in [3.63, 3.8) is 0 Å². The highest BCUT2D eigenvalue weighted by molar-refractivity contribution is 5.02. The van der Waals surface area contributed by atoms with Crippen LogP contribution in [-0.2, 0) is 6.54 Å². The Morgan fingerprint density at radius 3 is 2.30 bits per heavy atom. The third-order valence-corrected chi connectivity index (χ3v) is 3.89. The zero-order valence-electron chi connectivity index (χ0n) is 13.9. The highest BCUT2D eigenvalue weighted by atomic mass is 15.1. The number of aromatic nitrogens is 2. The lowest BCUT2D eigenvalue weighted by Crippen LogP contribution is -2.31. The number of nitrogens with one attached hydrogen (secondary N) is 1. The summed E-state index contributed by atoms with van der Waals surface area (Å²) in [7, 11) is 0. The van der Waals surface area contributed by atoms with Gasteiger partial charge in [-0.25, -0.2) is 4.98 Å². The minimum Gasteiger partial charge on any atom is -0.334 e. The minimum absolute atomic E-state index is 0.413. The van der Waals surface area contributed by atoms with Crippen LogP contribution in [0, 0.1) is 5.92 Å². The van der Waals surface area contributed by atoms with Crippen LogP contribution in [0.2, 0.25) is 0 Å². The van der Waals surface area contributed by atoms with Crippen molar-refractivity contribution in [1.82, 2.24) is 14.9 Å². The third kappa shape index (κ3) is 4.93. The summed E-state index contributed by atoms with van der Waals surface area (Å²) in [6.45, 7) is 11.2. The number of nitrogens with zero attached hydrogens (tertiary/aromatic N) is 2. The van der Waals surface area contributed by atoms with Crippen LogP contribution in [0.1, 0.15) is 78.1 Å². The topological polar surface area (TPSA) is 29.9 Å². The molecule has 1 aromatic heterocycles. The van der Waals surface area contributed by atoms with Gasteiger partial charge in [0.05, 0.1) is 6.04 Å². The van der Waals surface area contributed by atoms with Gasteiger partial charge >= 0.3 is 0 Å². The Kier molecular flexibility index (Phi) is 8.59. The normalized spacial score (nSPS) is 13.1. The van der Waals surface area contributed by atoms with E-state index in [0.29, 0.717) is 12.0 Å². The van der Waals surface area contributed by atoms with Gasteiger partial charge in [0.25, 0.3) is 0 Å². The Morgan fingerprint density at radius 1 is 1.05 bits per heavy atom. The van der Waals surface area contributed by atoms with E-state index in [1.54, 1.807) is 0 Å². The number of imidazole rings is 1. The van der Waals surface area contributed by atoms with Crippen molar-refractivity contribution in [3.8, 4) is 0 Å². The Bertz CT molecular complexity index is 340. The van der Waals surface area contributed by atoms with Crippen molar-refractivity contribution < 1.29 is 0 Å². The van der Waals surface area contributed by atoms with E-state index in [0.717, 1.165) is 19.5 Å². The lowest BCUT2D eigenvalue weighted by Gasteiger charge is -2.28. The molecule has 3 heteroatoms. The van der Waals surface area contributed by atoms with E-state index < -0.39 is 0 Å². The van der Waals surface area contributed by atoms with Crippen LogP contribution >= 0.6 is 0 Å². The summed E-state index contributed by atoms with van der Waals surface area (Å²) >= 11 is 0. The predicted molar refractivity (Wildman–Crippen MR) is 86.9 cm³/mol. The van der Waals surface area contributed by atoms with E-state index in [2.05, 4.69) is 48.8 Å². The first-order valence-corrected chi connectivity index (χ1v) is 8.52. The second kappa shape index (κ2) is 9.98. The lowest BCUT2D eigenvalue weighted by atomic mass is 9.89. The van der Waals surface area contributed by atoms with Crippen LogP contribution in [-0.4, -0.2) is 16.1 Å². The fraction of sp³-hybridized carbons (Fsp3) is 0.824. The van der Waals surface area contributed by atoms with Crippen molar-refractivity contribution in [2.45, 2.75) is 78.8 Å². The monoisotopic (exact) mass is 279 g/mol. The van der Waals surface area contributed by atoms with E-state index in [-0.39, 0.29) is 0 Å². The summed E-state index contributed by atoms with van der Waals surface area (Å²) in [5, 5.41) is 3.76. The van der Waals surface area contributed by atoms with E-state index >= 15 is 0 Å². The van der Waals surface area contributed by atoms with Gasteiger partial charge in [-0.15, -0.1) is 0 Å². The molecule has 0 saturated heterocycles. The highest BCUT2D eigenvalue weighted by Gasteiger charge is 2.24. The summed E-state index contributed by atoms with van der Waals surface area (Å²) < 4.78 is 2.34. The third-order valence-electron chi connectivity index (χ3n) is 3.89. The summed E-state index contributed by atoms with van der Waals surface area (Å²) in [6, 6.07) is 0.413. The molecule has 0 spiro atoms. The maximum absolute atomic E-state index is 4.67. The van der Waals surface area contributed by atoms with Gasteiger partial charge in [0, 0.05) is 18.9 Å². The molecule has 20 heavy (non-hydrogen) atoms. The largest absolute Gasteiger partial charge is 0.334 e.